The maximum Gasteiger partial charge on any atom is 0.0864 e. The van der Waals surface area contributed by atoms with Crippen molar-refractivity contribution in [2.75, 3.05) is 19.6 Å². The third-order valence-corrected chi connectivity index (χ3v) is 3.64. The molecule has 0 aromatic rings. The first kappa shape index (κ1) is 13.0. The molecule has 0 N–H and O–H groups in total. The lowest BCUT2D eigenvalue weighted by atomic mass is 10.0. The predicted molar refractivity (Wildman–Crippen MR) is 60.8 cm³/mol. The van der Waals surface area contributed by atoms with Crippen LogP contribution in [0.3, 0.4) is 0 Å². The first-order valence-corrected chi connectivity index (χ1v) is 5.88. The lowest BCUT2D eigenvalue weighted by Gasteiger charge is -2.42. The third kappa shape index (κ3) is 3.30. The van der Waals surface area contributed by atoms with Crippen LogP contribution in [0.5, 0.6) is 0 Å². The number of hydrogen-bond acceptors (Lipinski definition) is 0. The Morgan fingerprint density at radius 1 is 0.846 bits per heavy atom. The minimum atomic E-state index is 0.819. The molecular weight excluding hydrogens is 158 g/mol. The molecule has 0 heterocycles. The highest BCUT2D eigenvalue weighted by Crippen LogP contribution is 2.19. The number of hydrogen-bond donors (Lipinski definition) is 0. The molecule has 0 aromatic heterocycles. The highest BCUT2D eigenvalue weighted by atomic mass is 15.4. The molecule has 0 fully saturated rings. The molecule has 0 radical (unpaired) electrons. The van der Waals surface area contributed by atoms with E-state index >= 15 is 0 Å². The van der Waals surface area contributed by atoms with Gasteiger partial charge in [0, 0.05) is 6.42 Å². The second-order valence-corrected chi connectivity index (χ2v) is 4.65. The number of nitrogens with zero attached hydrogens (tertiary/aromatic N) is 1. The van der Waals surface area contributed by atoms with Crippen LogP contribution in [-0.2, 0) is 0 Å². The zero-order chi connectivity index (χ0) is 10.5. The van der Waals surface area contributed by atoms with Gasteiger partial charge >= 0.3 is 0 Å². The summed E-state index contributed by atoms with van der Waals surface area (Å²) in [4.78, 5) is 0. The molecule has 1 atom stereocenters. The van der Waals surface area contributed by atoms with Gasteiger partial charge in [0.15, 0.2) is 0 Å². The monoisotopic (exact) mass is 186 g/mol. The molecule has 0 bridgehead atoms. The Balaban J connectivity index is 4.34. The van der Waals surface area contributed by atoms with E-state index in [1.165, 1.54) is 30.5 Å². The molecule has 80 valence electrons. The maximum atomic E-state index is 2.41. The van der Waals surface area contributed by atoms with Gasteiger partial charge in [-0.1, -0.05) is 13.8 Å². The zero-order valence-electron chi connectivity index (χ0n) is 10.4. The molecule has 0 amide bonds. The summed E-state index contributed by atoms with van der Waals surface area (Å²) in [7, 11) is 0. The smallest absolute Gasteiger partial charge is 0.0864 e. The van der Waals surface area contributed by atoms with Gasteiger partial charge < -0.3 is 4.48 Å². The average molecular weight is 186 g/mol. The minimum Gasteiger partial charge on any atom is -0.322 e. The minimum absolute atomic E-state index is 0.819. The van der Waals surface area contributed by atoms with Gasteiger partial charge in [-0.2, -0.15) is 0 Å². The van der Waals surface area contributed by atoms with Gasteiger partial charge in [0.25, 0.3) is 0 Å². The molecule has 0 saturated heterocycles. The SMILES string of the molecule is CC[N+](CC)(CC)C(C)CC(C)C. The number of rotatable bonds is 6. The largest absolute Gasteiger partial charge is 0.322 e. The van der Waals surface area contributed by atoms with E-state index in [2.05, 4.69) is 41.5 Å². The Kier molecular flexibility index (Phi) is 5.62. The Morgan fingerprint density at radius 3 is 1.46 bits per heavy atom. The molecule has 1 heteroatoms. The van der Waals surface area contributed by atoms with Crippen molar-refractivity contribution >= 4 is 0 Å². The van der Waals surface area contributed by atoms with E-state index in [0.717, 1.165) is 12.0 Å². The summed E-state index contributed by atoms with van der Waals surface area (Å²) in [5.41, 5.74) is 0. The van der Waals surface area contributed by atoms with Crippen molar-refractivity contribution in [3.63, 3.8) is 0 Å². The molecule has 0 saturated carbocycles. The third-order valence-electron chi connectivity index (χ3n) is 3.64. The van der Waals surface area contributed by atoms with Gasteiger partial charge in [0.05, 0.1) is 25.7 Å². The molecular formula is C12H28N+. The van der Waals surface area contributed by atoms with E-state index in [-0.39, 0.29) is 0 Å². The molecule has 0 spiro atoms. The standard InChI is InChI=1S/C12H28N/c1-7-13(8-2,9-3)12(6)10-11(4)5/h11-12H,7-10H2,1-6H3/q+1. The van der Waals surface area contributed by atoms with Crippen LogP contribution in [0.1, 0.15) is 48.0 Å². The summed E-state index contributed by atoms with van der Waals surface area (Å²) in [5, 5.41) is 0. The molecule has 0 aromatic carbocycles. The highest BCUT2D eigenvalue weighted by Gasteiger charge is 2.28. The molecule has 1 unspecified atom stereocenters. The molecule has 0 aliphatic rings. The van der Waals surface area contributed by atoms with E-state index < -0.39 is 0 Å². The summed E-state index contributed by atoms with van der Waals surface area (Å²) in [6.45, 7) is 17.9. The zero-order valence-corrected chi connectivity index (χ0v) is 10.4. The van der Waals surface area contributed by atoms with Gasteiger partial charge in [-0.25, -0.2) is 0 Å². The van der Waals surface area contributed by atoms with Crippen molar-refractivity contribution in [1.82, 2.24) is 0 Å². The van der Waals surface area contributed by atoms with Crippen LogP contribution in [0.2, 0.25) is 0 Å². The van der Waals surface area contributed by atoms with Crippen molar-refractivity contribution in [3.05, 3.63) is 0 Å². The number of quaternary nitrogens is 1. The molecule has 0 aliphatic heterocycles. The molecule has 13 heavy (non-hydrogen) atoms. The van der Waals surface area contributed by atoms with Crippen molar-refractivity contribution in [1.29, 1.82) is 0 Å². The van der Waals surface area contributed by atoms with E-state index in [9.17, 15) is 0 Å². The first-order valence-electron chi connectivity index (χ1n) is 5.88. The van der Waals surface area contributed by atoms with Crippen LogP contribution < -0.4 is 0 Å². The Labute approximate surface area is 84.7 Å². The Morgan fingerprint density at radius 2 is 1.23 bits per heavy atom. The summed E-state index contributed by atoms with van der Waals surface area (Å²) >= 11 is 0. The Bertz CT molecular complexity index is 117. The maximum absolute atomic E-state index is 2.41. The summed E-state index contributed by atoms with van der Waals surface area (Å²) in [6, 6.07) is 0.819. The topological polar surface area (TPSA) is 0 Å². The summed E-state index contributed by atoms with van der Waals surface area (Å²) < 4.78 is 1.29. The summed E-state index contributed by atoms with van der Waals surface area (Å²) in [5.74, 6) is 0.831. The van der Waals surface area contributed by atoms with Crippen LogP contribution in [-0.4, -0.2) is 30.2 Å². The van der Waals surface area contributed by atoms with Crippen LogP contribution in [0.15, 0.2) is 0 Å². The Hall–Kier alpha value is -0.0400. The van der Waals surface area contributed by atoms with Crippen LogP contribution >= 0.6 is 0 Å². The lowest BCUT2D eigenvalue weighted by molar-refractivity contribution is -0.945. The van der Waals surface area contributed by atoms with Gasteiger partial charge in [-0.05, 0) is 33.6 Å². The van der Waals surface area contributed by atoms with E-state index in [1.807, 2.05) is 0 Å². The normalized spacial score (nSPS) is 15.0. The van der Waals surface area contributed by atoms with Crippen LogP contribution in [0.4, 0.5) is 0 Å². The van der Waals surface area contributed by atoms with Gasteiger partial charge in [0.1, 0.15) is 0 Å². The quantitative estimate of drug-likeness (QED) is 0.558. The highest BCUT2D eigenvalue weighted by molar-refractivity contribution is 4.56. The molecule has 0 rings (SSSR count). The summed E-state index contributed by atoms with van der Waals surface area (Å²) in [6.07, 6.45) is 1.36. The predicted octanol–water partition coefficient (Wildman–Crippen LogP) is 3.30. The van der Waals surface area contributed by atoms with Crippen LogP contribution in [0, 0.1) is 5.92 Å². The van der Waals surface area contributed by atoms with Crippen molar-refractivity contribution in [3.8, 4) is 0 Å². The fourth-order valence-electron chi connectivity index (χ4n) is 2.51. The first-order chi connectivity index (χ1) is 6.02. The van der Waals surface area contributed by atoms with Crippen molar-refractivity contribution < 1.29 is 4.48 Å². The van der Waals surface area contributed by atoms with Crippen molar-refractivity contribution in [2.24, 2.45) is 5.92 Å². The lowest BCUT2D eigenvalue weighted by Crippen LogP contribution is -2.54. The average Bonchev–Trinajstić information content (AvgIpc) is 2.07. The van der Waals surface area contributed by atoms with Gasteiger partial charge in [0.2, 0.25) is 0 Å². The van der Waals surface area contributed by atoms with Gasteiger partial charge in [-0.3, -0.25) is 0 Å². The second-order valence-electron chi connectivity index (χ2n) is 4.65. The fourth-order valence-corrected chi connectivity index (χ4v) is 2.51. The molecule has 0 aliphatic carbocycles. The van der Waals surface area contributed by atoms with Gasteiger partial charge in [-0.15, -0.1) is 0 Å². The van der Waals surface area contributed by atoms with Crippen LogP contribution in [0.25, 0.3) is 0 Å². The van der Waals surface area contributed by atoms with Crippen molar-refractivity contribution in [2.45, 2.75) is 54.0 Å². The van der Waals surface area contributed by atoms with E-state index in [4.69, 9.17) is 0 Å². The van der Waals surface area contributed by atoms with E-state index in [0.29, 0.717) is 0 Å². The fraction of sp³-hybridized carbons (Fsp3) is 1.00. The van der Waals surface area contributed by atoms with E-state index in [1.54, 1.807) is 0 Å². The molecule has 1 nitrogen and oxygen atoms in total. The second kappa shape index (κ2) is 5.64.